The van der Waals surface area contributed by atoms with E-state index < -0.39 is 33.7 Å². The Balaban J connectivity index is 1.68. The average molecular weight is 552 g/mol. The summed E-state index contributed by atoms with van der Waals surface area (Å²) in [6.45, 7) is 0. The third-order valence-corrected chi connectivity index (χ3v) is 6.69. The van der Waals surface area contributed by atoms with E-state index in [1.807, 2.05) is 0 Å². The minimum Gasteiger partial charge on any atom is -0.508 e. The third kappa shape index (κ3) is 4.14. The Kier molecular flexibility index (Phi) is 5.81. The van der Waals surface area contributed by atoms with Gasteiger partial charge in [0.25, 0.3) is 0 Å². The third-order valence-electron chi connectivity index (χ3n) is 6.69. The molecule has 5 N–H and O–H groups in total. The van der Waals surface area contributed by atoms with Crippen LogP contribution in [-0.4, -0.2) is 32.6 Å². The van der Waals surface area contributed by atoms with E-state index in [0.29, 0.717) is 16.9 Å². The molecule has 0 aliphatic carbocycles. The predicted molar refractivity (Wildman–Crippen MR) is 150 cm³/mol. The smallest absolute Gasteiger partial charge is 0.205 e. The molecule has 0 amide bonds. The van der Waals surface area contributed by atoms with Crippen LogP contribution >= 0.6 is 0 Å². The summed E-state index contributed by atoms with van der Waals surface area (Å²) in [4.78, 5) is 27.1. The largest absolute Gasteiger partial charge is 0.508 e. The second-order valence-electron chi connectivity index (χ2n) is 9.22. The van der Waals surface area contributed by atoms with E-state index in [9.17, 15) is 35.1 Å². The highest BCUT2D eigenvalue weighted by Gasteiger charge is 2.28. The van der Waals surface area contributed by atoms with E-state index in [1.54, 1.807) is 24.3 Å². The molecule has 0 radical (unpaired) electrons. The molecule has 0 bridgehead atoms. The van der Waals surface area contributed by atoms with Crippen molar-refractivity contribution in [1.29, 1.82) is 0 Å². The zero-order valence-electron chi connectivity index (χ0n) is 21.2. The van der Waals surface area contributed by atoms with Gasteiger partial charge in [-0.2, -0.15) is 0 Å². The summed E-state index contributed by atoms with van der Waals surface area (Å²) in [5, 5.41) is 51.9. The van der Waals surface area contributed by atoms with E-state index in [2.05, 4.69) is 0 Å². The zero-order chi connectivity index (χ0) is 29.0. The standard InChI is InChI=1S/C31H20O10/c1-39-18-8-4-15(5-9-18)31-28(30(38)25-19(34)10-17(33)11-23(25)41-31)27-21(36)13-24-26(29(27)37)20(35)12-22(40-24)14-2-6-16(32)7-3-14/h2-13,32-34,36-37H,1H3. The van der Waals surface area contributed by atoms with E-state index in [4.69, 9.17) is 13.6 Å². The number of aromatic hydroxyl groups is 5. The molecular formula is C31H20O10. The first-order valence-corrected chi connectivity index (χ1v) is 12.2. The molecule has 0 spiro atoms. The van der Waals surface area contributed by atoms with Crippen molar-refractivity contribution in [1.82, 2.24) is 0 Å². The molecule has 0 atom stereocenters. The van der Waals surface area contributed by atoms with Crippen molar-refractivity contribution in [3.8, 4) is 68.3 Å². The number of hydrogen-bond donors (Lipinski definition) is 5. The Bertz CT molecular complexity index is 2100. The van der Waals surface area contributed by atoms with Gasteiger partial charge in [0.2, 0.25) is 5.43 Å². The van der Waals surface area contributed by atoms with Gasteiger partial charge in [-0.3, -0.25) is 9.59 Å². The van der Waals surface area contributed by atoms with Crippen LogP contribution in [0.5, 0.6) is 34.5 Å². The van der Waals surface area contributed by atoms with Gasteiger partial charge in [-0.25, -0.2) is 0 Å². The molecule has 2 heterocycles. The van der Waals surface area contributed by atoms with Crippen molar-refractivity contribution in [3.63, 3.8) is 0 Å². The monoisotopic (exact) mass is 552 g/mol. The predicted octanol–water partition coefficient (Wildman–Crippen LogP) is 5.44. The summed E-state index contributed by atoms with van der Waals surface area (Å²) in [6.07, 6.45) is 0. The van der Waals surface area contributed by atoms with E-state index in [0.717, 1.165) is 24.3 Å². The normalized spacial score (nSPS) is 11.2. The average Bonchev–Trinajstić information content (AvgIpc) is 2.93. The molecule has 0 aliphatic heterocycles. The maximum Gasteiger partial charge on any atom is 0.205 e. The van der Waals surface area contributed by atoms with Gasteiger partial charge in [0.05, 0.1) is 18.2 Å². The first-order valence-electron chi connectivity index (χ1n) is 12.2. The first kappa shape index (κ1) is 25.4. The lowest BCUT2D eigenvalue weighted by molar-refractivity contribution is 0.415. The van der Waals surface area contributed by atoms with Crippen LogP contribution in [0.2, 0.25) is 0 Å². The maximum absolute atomic E-state index is 13.9. The fourth-order valence-electron chi connectivity index (χ4n) is 4.76. The SMILES string of the molecule is COc1ccc(-c2oc3cc(O)cc(O)c3c(=O)c2-c2c(O)cc3oc(-c4ccc(O)cc4)cc(=O)c3c2O)cc1. The first-order chi connectivity index (χ1) is 19.7. The number of rotatable bonds is 4. The minimum absolute atomic E-state index is 0.0138. The van der Waals surface area contributed by atoms with E-state index in [1.165, 1.54) is 31.4 Å². The Labute approximate surface area is 229 Å². The van der Waals surface area contributed by atoms with Crippen molar-refractivity contribution >= 4 is 21.9 Å². The highest BCUT2D eigenvalue weighted by molar-refractivity contribution is 6.01. The van der Waals surface area contributed by atoms with Gasteiger partial charge in [-0.1, -0.05) is 0 Å². The van der Waals surface area contributed by atoms with Crippen LogP contribution in [0.3, 0.4) is 0 Å². The van der Waals surface area contributed by atoms with Crippen LogP contribution in [-0.2, 0) is 0 Å². The molecule has 0 aliphatic rings. The number of methoxy groups -OCH3 is 1. The fraction of sp³-hybridized carbons (Fsp3) is 0.0323. The summed E-state index contributed by atoms with van der Waals surface area (Å²) >= 11 is 0. The molecule has 10 heteroatoms. The minimum atomic E-state index is -0.843. The molecule has 204 valence electrons. The summed E-state index contributed by atoms with van der Waals surface area (Å²) in [5.74, 6) is -1.79. The topological polar surface area (TPSA) is 171 Å². The molecule has 0 saturated heterocycles. The number of hydrogen-bond acceptors (Lipinski definition) is 10. The van der Waals surface area contributed by atoms with Crippen LogP contribution in [0.15, 0.2) is 91.2 Å². The van der Waals surface area contributed by atoms with E-state index >= 15 is 0 Å². The number of fused-ring (bicyclic) bond motifs is 2. The van der Waals surface area contributed by atoms with Crippen molar-refractivity contribution in [2.24, 2.45) is 0 Å². The van der Waals surface area contributed by atoms with Crippen LogP contribution < -0.4 is 15.6 Å². The lowest BCUT2D eigenvalue weighted by atomic mass is 9.95. The second kappa shape index (κ2) is 9.38. The molecule has 6 aromatic rings. The Hall–Kier alpha value is -5.90. The number of benzene rings is 4. The molecule has 0 unspecified atom stereocenters. The molecule has 0 fully saturated rings. The summed E-state index contributed by atoms with van der Waals surface area (Å²) < 4.78 is 17.0. The second-order valence-corrected chi connectivity index (χ2v) is 9.22. The molecule has 0 saturated carbocycles. The van der Waals surface area contributed by atoms with Gasteiger partial charge in [0.15, 0.2) is 5.43 Å². The van der Waals surface area contributed by atoms with Crippen LogP contribution in [0, 0.1) is 0 Å². The zero-order valence-corrected chi connectivity index (χ0v) is 21.2. The molecular weight excluding hydrogens is 532 g/mol. The highest BCUT2D eigenvalue weighted by Crippen LogP contribution is 2.46. The van der Waals surface area contributed by atoms with Crippen LogP contribution in [0.1, 0.15) is 0 Å². The van der Waals surface area contributed by atoms with Crippen LogP contribution in [0.4, 0.5) is 0 Å². The van der Waals surface area contributed by atoms with Crippen molar-refractivity contribution in [3.05, 3.63) is 93.2 Å². The van der Waals surface area contributed by atoms with Gasteiger partial charge < -0.3 is 39.1 Å². The van der Waals surface area contributed by atoms with Crippen molar-refractivity contribution in [2.75, 3.05) is 7.11 Å². The maximum atomic E-state index is 13.9. The molecule has 4 aromatic carbocycles. The molecule has 2 aromatic heterocycles. The molecule has 10 nitrogen and oxygen atoms in total. The Morgan fingerprint density at radius 2 is 1.29 bits per heavy atom. The fourth-order valence-corrected chi connectivity index (χ4v) is 4.76. The number of ether oxygens (including phenoxy) is 1. The summed E-state index contributed by atoms with van der Waals surface area (Å²) in [6, 6.07) is 16.5. The lowest BCUT2D eigenvalue weighted by Gasteiger charge is -2.15. The van der Waals surface area contributed by atoms with Gasteiger partial charge in [-0.15, -0.1) is 0 Å². The highest BCUT2D eigenvalue weighted by atomic mass is 16.5. The van der Waals surface area contributed by atoms with Crippen LogP contribution in [0.25, 0.3) is 55.7 Å². The summed E-state index contributed by atoms with van der Waals surface area (Å²) in [7, 11) is 1.48. The van der Waals surface area contributed by atoms with E-state index in [-0.39, 0.29) is 50.5 Å². The van der Waals surface area contributed by atoms with Gasteiger partial charge in [0, 0.05) is 35.4 Å². The van der Waals surface area contributed by atoms with Crippen molar-refractivity contribution in [2.45, 2.75) is 0 Å². The van der Waals surface area contributed by atoms with Crippen molar-refractivity contribution < 1.29 is 39.1 Å². The quantitative estimate of drug-likeness (QED) is 0.190. The molecule has 6 rings (SSSR count). The number of phenols is 5. The van der Waals surface area contributed by atoms with Gasteiger partial charge >= 0.3 is 0 Å². The number of phenolic OH excluding ortho intramolecular Hbond substituents is 5. The molecule has 41 heavy (non-hydrogen) atoms. The Morgan fingerprint density at radius 3 is 1.98 bits per heavy atom. The van der Waals surface area contributed by atoms with Gasteiger partial charge in [-0.05, 0) is 48.5 Å². The Morgan fingerprint density at radius 1 is 0.634 bits per heavy atom. The lowest BCUT2D eigenvalue weighted by Crippen LogP contribution is -2.09. The summed E-state index contributed by atoms with van der Waals surface area (Å²) in [5.41, 5.74) is -1.81. The van der Waals surface area contributed by atoms with Gasteiger partial charge in [0.1, 0.15) is 68.0 Å².